The van der Waals surface area contributed by atoms with E-state index in [9.17, 15) is 9.59 Å². The maximum absolute atomic E-state index is 9.66. The highest BCUT2D eigenvalue weighted by molar-refractivity contribution is 6.33. The molecule has 5 nitrogen and oxygen atoms in total. The SMILES string of the molecule is O.O=C(O)C(=O)CO. The van der Waals surface area contributed by atoms with Crippen molar-refractivity contribution in [2.75, 3.05) is 6.61 Å². The molecule has 48 valence electrons. The van der Waals surface area contributed by atoms with Crippen molar-refractivity contribution in [2.24, 2.45) is 0 Å². The van der Waals surface area contributed by atoms with Gasteiger partial charge in [-0.2, -0.15) is 0 Å². The molecule has 4 N–H and O–H groups in total. The number of ketones is 1. The Morgan fingerprint density at radius 3 is 1.75 bits per heavy atom. The first-order chi connectivity index (χ1) is 3.18. The fourth-order valence-electron chi connectivity index (χ4n) is 0.0676. The average Bonchev–Trinajstić information content (AvgIpc) is 1.65. The van der Waals surface area contributed by atoms with Crippen LogP contribution in [0.4, 0.5) is 0 Å². The molecule has 0 aliphatic rings. The highest BCUT2D eigenvalue weighted by atomic mass is 16.4. The van der Waals surface area contributed by atoms with Crippen molar-refractivity contribution in [1.29, 1.82) is 0 Å². The van der Waals surface area contributed by atoms with Gasteiger partial charge in [0.1, 0.15) is 6.61 Å². The summed E-state index contributed by atoms with van der Waals surface area (Å²) in [5, 5.41) is 15.4. The maximum atomic E-state index is 9.66. The molecule has 0 bridgehead atoms. The number of aliphatic hydroxyl groups excluding tert-OH is 1. The lowest BCUT2D eigenvalue weighted by atomic mass is 10.4. The molecule has 0 atom stereocenters. The summed E-state index contributed by atoms with van der Waals surface area (Å²) in [6, 6.07) is 0. The lowest BCUT2D eigenvalue weighted by molar-refractivity contribution is -0.150. The van der Waals surface area contributed by atoms with Crippen molar-refractivity contribution in [3.05, 3.63) is 0 Å². The largest absolute Gasteiger partial charge is 0.475 e. The number of carbonyl (C=O) groups excluding carboxylic acids is 1. The van der Waals surface area contributed by atoms with Crippen molar-refractivity contribution >= 4 is 11.8 Å². The fraction of sp³-hybridized carbons (Fsp3) is 0.333. The third-order valence-electron chi connectivity index (χ3n) is 0.382. The standard InChI is InChI=1S/C3H4O4.H2O/c4-1-2(5)3(6)7;/h4H,1H2,(H,6,7);1H2. The summed E-state index contributed by atoms with van der Waals surface area (Å²) in [5.41, 5.74) is 0. The first-order valence-electron chi connectivity index (χ1n) is 1.55. The van der Waals surface area contributed by atoms with E-state index < -0.39 is 18.4 Å². The molecule has 0 fully saturated rings. The van der Waals surface area contributed by atoms with Gasteiger partial charge in [0.2, 0.25) is 0 Å². The second-order valence-electron chi connectivity index (χ2n) is 0.886. The first kappa shape index (κ1) is 10.1. The molecule has 0 aliphatic carbocycles. The van der Waals surface area contributed by atoms with Crippen LogP contribution in [0, 0.1) is 0 Å². The Morgan fingerprint density at radius 1 is 1.38 bits per heavy atom. The molecule has 5 heteroatoms. The Labute approximate surface area is 44.9 Å². The number of carbonyl (C=O) groups is 2. The van der Waals surface area contributed by atoms with E-state index in [0.29, 0.717) is 0 Å². The molecular formula is C3H6O5. The molecule has 0 saturated heterocycles. The van der Waals surface area contributed by atoms with E-state index in [1.54, 1.807) is 0 Å². The van der Waals surface area contributed by atoms with Gasteiger partial charge in [-0.25, -0.2) is 4.79 Å². The topological polar surface area (TPSA) is 106 Å². The molecule has 0 aromatic carbocycles. The van der Waals surface area contributed by atoms with Gasteiger partial charge in [-0.3, -0.25) is 4.79 Å². The van der Waals surface area contributed by atoms with Crippen molar-refractivity contribution < 1.29 is 25.3 Å². The number of carboxylic acid groups (broad SMARTS) is 1. The molecule has 0 saturated carbocycles. The number of carboxylic acids is 1. The highest BCUT2D eigenvalue weighted by Crippen LogP contribution is 1.65. The van der Waals surface area contributed by atoms with E-state index in [1.807, 2.05) is 0 Å². The van der Waals surface area contributed by atoms with Crippen LogP contribution in [-0.2, 0) is 9.59 Å². The third kappa shape index (κ3) is 3.26. The normalized spacial score (nSPS) is 7.12. The van der Waals surface area contributed by atoms with Crippen LogP contribution in [0.3, 0.4) is 0 Å². The third-order valence-corrected chi connectivity index (χ3v) is 0.382. The summed E-state index contributed by atoms with van der Waals surface area (Å²) in [7, 11) is 0. The van der Waals surface area contributed by atoms with Gasteiger partial charge >= 0.3 is 5.97 Å². The molecule has 0 aliphatic heterocycles. The van der Waals surface area contributed by atoms with Crippen molar-refractivity contribution in [3.63, 3.8) is 0 Å². The molecule has 0 aromatic heterocycles. The van der Waals surface area contributed by atoms with E-state index >= 15 is 0 Å². The van der Waals surface area contributed by atoms with Gasteiger partial charge in [0, 0.05) is 0 Å². The van der Waals surface area contributed by atoms with Crippen LogP contribution in [0.1, 0.15) is 0 Å². The molecule has 0 amide bonds. The van der Waals surface area contributed by atoms with Crippen molar-refractivity contribution in [3.8, 4) is 0 Å². The Hall–Kier alpha value is -0.940. The molecule has 0 rings (SSSR count). The predicted molar refractivity (Wildman–Crippen MR) is 23.3 cm³/mol. The molecule has 0 heterocycles. The number of aliphatic hydroxyl groups is 1. The minimum absolute atomic E-state index is 0. The number of rotatable bonds is 2. The highest BCUT2D eigenvalue weighted by Gasteiger charge is 2.06. The maximum Gasteiger partial charge on any atom is 0.374 e. The second-order valence-corrected chi connectivity index (χ2v) is 0.886. The molecule has 0 unspecified atom stereocenters. The van der Waals surface area contributed by atoms with E-state index in [1.165, 1.54) is 0 Å². The van der Waals surface area contributed by atoms with Crippen molar-refractivity contribution in [1.82, 2.24) is 0 Å². The predicted octanol–water partition coefficient (Wildman–Crippen LogP) is -2.19. The molecule has 0 spiro atoms. The van der Waals surface area contributed by atoms with Crippen LogP contribution >= 0.6 is 0 Å². The van der Waals surface area contributed by atoms with Crippen LogP contribution in [0.15, 0.2) is 0 Å². The number of hydrogen-bond donors (Lipinski definition) is 2. The van der Waals surface area contributed by atoms with E-state index in [2.05, 4.69) is 0 Å². The number of Topliss-reactive ketones (excluding diaryl/α,β-unsaturated/α-hetero) is 1. The zero-order chi connectivity index (χ0) is 5.86. The van der Waals surface area contributed by atoms with Crippen LogP contribution in [0.25, 0.3) is 0 Å². The summed E-state index contributed by atoms with van der Waals surface area (Å²) >= 11 is 0. The Balaban J connectivity index is 0. The monoisotopic (exact) mass is 122 g/mol. The van der Waals surface area contributed by atoms with Crippen LogP contribution in [0.5, 0.6) is 0 Å². The van der Waals surface area contributed by atoms with Gasteiger partial charge in [-0.1, -0.05) is 0 Å². The Bertz CT molecular complexity index is 95.8. The summed E-state index contributed by atoms with van der Waals surface area (Å²) in [6.45, 7) is -0.921. The van der Waals surface area contributed by atoms with Gasteiger partial charge in [-0.05, 0) is 0 Å². The van der Waals surface area contributed by atoms with Gasteiger partial charge < -0.3 is 15.7 Å². The molecule has 8 heavy (non-hydrogen) atoms. The second kappa shape index (κ2) is 4.23. The van der Waals surface area contributed by atoms with E-state index in [-0.39, 0.29) is 5.48 Å². The van der Waals surface area contributed by atoms with Gasteiger partial charge in [0.05, 0.1) is 0 Å². The average molecular weight is 122 g/mol. The van der Waals surface area contributed by atoms with Crippen LogP contribution in [-0.4, -0.2) is 34.0 Å². The minimum Gasteiger partial charge on any atom is -0.475 e. The van der Waals surface area contributed by atoms with Gasteiger partial charge in [0.25, 0.3) is 5.78 Å². The van der Waals surface area contributed by atoms with Crippen LogP contribution < -0.4 is 0 Å². The number of hydrogen-bond acceptors (Lipinski definition) is 3. The zero-order valence-corrected chi connectivity index (χ0v) is 3.92. The minimum atomic E-state index is -1.59. The van der Waals surface area contributed by atoms with E-state index in [4.69, 9.17) is 10.2 Å². The first-order valence-corrected chi connectivity index (χ1v) is 1.55. The smallest absolute Gasteiger partial charge is 0.374 e. The zero-order valence-electron chi connectivity index (χ0n) is 3.92. The van der Waals surface area contributed by atoms with Gasteiger partial charge in [0.15, 0.2) is 0 Å². The molecular weight excluding hydrogens is 116 g/mol. The van der Waals surface area contributed by atoms with Gasteiger partial charge in [-0.15, -0.1) is 0 Å². The lowest BCUT2D eigenvalue weighted by Crippen LogP contribution is -2.15. The Kier molecular flexibility index (Phi) is 5.35. The quantitative estimate of drug-likeness (QED) is 0.405. The summed E-state index contributed by atoms with van der Waals surface area (Å²) < 4.78 is 0. The molecule has 0 aromatic rings. The summed E-state index contributed by atoms with van der Waals surface area (Å²) in [6.07, 6.45) is 0. The molecule has 0 radical (unpaired) electrons. The fourth-order valence-corrected chi connectivity index (χ4v) is 0.0676. The lowest BCUT2D eigenvalue weighted by Gasteiger charge is -1.80. The number of aliphatic carboxylic acids is 1. The van der Waals surface area contributed by atoms with E-state index in [0.717, 1.165) is 0 Å². The summed E-state index contributed by atoms with van der Waals surface area (Å²) in [5.74, 6) is -2.78. The summed E-state index contributed by atoms with van der Waals surface area (Å²) in [4.78, 5) is 19.1. The Morgan fingerprint density at radius 2 is 1.75 bits per heavy atom. The van der Waals surface area contributed by atoms with Crippen LogP contribution in [0.2, 0.25) is 0 Å². The van der Waals surface area contributed by atoms with Crippen molar-refractivity contribution in [2.45, 2.75) is 0 Å².